The van der Waals surface area contributed by atoms with Crippen LogP contribution in [0.5, 0.6) is 5.75 Å². The third kappa shape index (κ3) is 8.35. The fraction of sp³-hybridized carbons (Fsp3) is 0.273. The number of amides is 1. The average molecular weight is 557 g/mol. The molecule has 0 aliphatic heterocycles. The Morgan fingerprint density at radius 2 is 1.81 bits per heavy atom. The van der Waals surface area contributed by atoms with Crippen molar-refractivity contribution in [2.75, 3.05) is 11.9 Å². The van der Waals surface area contributed by atoms with Gasteiger partial charge >= 0.3 is 12.1 Å². The molecule has 9 heteroatoms. The summed E-state index contributed by atoms with van der Waals surface area (Å²) in [6.07, 6.45) is 1.08. The second-order valence-corrected chi connectivity index (χ2v) is 8.30. The third-order valence-corrected chi connectivity index (χ3v) is 5.24. The Bertz CT molecular complexity index is 917. The fourth-order valence-electron chi connectivity index (χ4n) is 2.87. The first-order valence-electron chi connectivity index (χ1n) is 9.52. The highest BCUT2D eigenvalue weighted by Gasteiger charge is 2.30. The van der Waals surface area contributed by atoms with Crippen molar-refractivity contribution in [3.8, 4) is 5.75 Å². The number of ether oxygens (including phenoxy) is 2. The van der Waals surface area contributed by atoms with Crippen LogP contribution in [0.25, 0.3) is 0 Å². The lowest BCUT2D eigenvalue weighted by molar-refractivity contribution is -0.131. The van der Waals surface area contributed by atoms with E-state index in [0.717, 1.165) is 10.5 Å². The van der Waals surface area contributed by atoms with Gasteiger partial charge in [0.25, 0.3) is 0 Å². The lowest BCUT2D eigenvalue weighted by Crippen LogP contribution is -2.29. The van der Waals surface area contributed by atoms with Crippen LogP contribution < -0.4 is 5.32 Å². The van der Waals surface area contributed by atoms with Gasteiger partial charge in [-0.1, -0.05) is 37.9 Å². The second kappa shape index (κ2) is 12.5. The number of hydrogen-bond acceptors (Lipinski definition) is 5. The number of nitrogens with one attached hydrogen (secondary N) is 1. The van der Waals surface area contributed by atoms with E-state index in [2.05, 4.69) is 37.2 Å². The first-order valence-corrected chi connectivity index (χ1v) is 11.1. The molecule has 3 N–H and O–H groups in total. The zero-order chi connectivity index (χ0) is 22.8. The molecule has 2 atom stereocenters. The highest BCUT2D eigenvalue weighted by atomic mass is 79.9. The highest BCUT2D eigenvalue weighted by Crippen LogP contribution is 2.35. The van der Waals surface area contributed by atoms with E-state index in [1.165, 1.54) is 12.1 Å². The monoisotopic (exact) mass is 555 g/mol. The quantitative estimate of drug-likeness (QED) is 0.308. The van der Waals surface area contributed by atoms with Gasteiger partial charge in [0.1, 0.15) is 5.75 Å². The minimum absolute atomic E-state index is 0.0459. The summed E-state index contributed by atoms with van der Waals surface area (Å²) in [7, 11) is 0. The molecule has 2 rings (SSSR count). The van der Waals surface area contributed by atoms with E-state index in [4.69, 9.17) is 14.6 Å². The summed E-state index contributed by atoms with van der Waals surface area (Å²) in [5.74, 6) is -1.09. The lowest BCUT2D eigenvalue weighted by atomic mass is 9.99. The number of phenols is 1. The number of phenolic OH excluding ortho intramolecular Hbond substituents is 1. The number of carboxylic acid groups (broad SMARTS) is 1. The number of carbonyl (C=O) groups is 2. The van der Waals surface area contributed by atoms with Gasteiger partial charge in [0.15, 0.2) is 6.10 Å². The van der Waals surface area contributed by atoms with E-state index in [0.29, 0.717) is 35.2 Å². The average Bonchev–Trinajstić information content (AvgIpc) is 2.72. The molecule has 2 aromatic carbocycles. The highest BCUT2D eigenvalue weighted by molar-refractivity contribution is 9.10. The molecule has 7 nitrogen and oxygen atoms in total. The summed E-state index contributed by atoms with van der Waals surface area (Å²) in [5, 5.41) is 21.9. The first-order chi connectivity index (χ1) is 14.8. The number of aliphatic carboxylic acids is 1. The van der Waals surface area contributed by atoms with Crippen molar-refractivity contribution >= 4 is 49.6 Å². The molecular weight excluding hydrogens is 534 g/mol. The molecule has 0 bridgehead atoms. The molecule has 0 fully saturated rings. The summed E-state index contributed by atoms with van der Waals surface area (Å²) in [5.41, 5.74) is 0.920. The Morgan fingerprint density at radius 1 is 1.13 bits per heavy atom. The topological polar surface area (TPSA) is 105 Å². The van der Waals surface area contributed by atoms with E-state index in [1.54, 1.807) is 43.3 Å². The van der Waals surface area contributed by atoms with E-state index < -0.39 is 24.3 Å². The van der Waals surface area contributed by atoms with Crippen LogP contribution in [0.3, 0.4) is 0 Å². The maximum atomic E-state index is 12.6. The summed E-state index contributed by atoms with van der Waals surface area (Å²) in [6, 6.07) is 11.8. The Morgan fingerprint density at radius 3 is 2.45 bits per heavy atom. The van der Waals surface area contributed by atoms with Crippen LogP contribution in [-0.2, 0) is 14.3 Å². The predicted molar refractivity (Wildman–Crippen MR) is 124 cm³/mol. The van der Waals surface area contributed by atoms with Crippen molar-refractivity contribution in [1.82, 2.24) is 0 Å². The van der Waals surface area contributed by atoms with Crippen molar-refractivity contribution in [1.29, 1.82) is 0 Å². The summed E-state index contributed by atoms with van der Waals surface area (Å²) in [4.78, 5) is 23.3. The van der Waals surface area contributed by atoms with E-state index in [-0.39, 0.29) is 5.75 Å². The number of anilines is 1. The number of carboxylic acids is 1. The van der Waals surface area contributed by atoms with Gasteiger partial charge in [-0.3, -0.25) is 5.32 Å². The Balaban J connectivity index is 2.26. The Labute approximate surface area is 197 Å². The number of hydrogen-bond donors (Lipinski definition) is 3. The van der Waals surface area contributed by atoms with Crippen LogP contribution in [-0.4, -0.2) is 35.0 Å². The third-order valence-electron chi connectivity index (χ3n) is 4.22. The number of allylic oxidation sites excluding steroid dienone is 1. The van der Waals surface area contributed by atoms with E-state index >= 15 is 0 Å². The van der Waals surface area contributed by atoms with Gasteiger partial charge in [-0.15, -0.1) is 0 Å². The van der Waals surface area contributed by atoms with Gasteiger partial charge in [-0.05, 0) is 62.2 Å². The molecule has 0 aromatic heterocycles. The standard InChI is InChI=1S/C22H23Br2NO6/c1-2-30-19(5-3-4-6-20(27)28)21(17-13-15(24)9-12-18(17)26)31-22(29)25-16-10-7-14(23)8-11-16/h4,6-13,19,21,26H,2-3,5H2,1H3,(H,25,29)(H,27,28)/b6-4+/t19-,21-/m1/s1. The predicted octanol–water partition coefficient (Wildman–Crippen LogP) is 6.03. The zero-order valence-corrected chi connectivity index (χ0v) is 19.9. The Hall–Kier alpha value is -2.36. The van der Waals surface area contributed by atoms with Crippen molar-refractivity contribution < 1.29 is 29.3 Å². The van der Waals surface area contributed by atoms with Crippen molar-refractivity contribution in [3.05, 3.63) is 69.1 Å². The molecule has 0 saturated heterocycles. The van der Waals surface area contributed by atoms with Crippen LogP contribution in [0.2, 0.25) is 0 Å². The Kier molecular flexibility index (Phi) is 10.0. The maximum absolute atomic E-state index is 12.6. The molecular formula is C22H23Br2NO6. The van der Waals surface area contributed by atoms with Gasteiger partial charge in [0.2, 0.25) is 0 Å². The molecule has 0 heterocycles. The van der Waals surface area contributed by atoms with Gasteiger partial charge in [-0.2, -0.15) is 0 Å². The summed E-state index contributed by atoms with van der Waals surface area (Å²) < 4.78 is 13.1. The number of halogens is 2. The number of rotatable bonds is 10. The molecule has 0 saturated carbocycles. The first kappa shape index (κ1) is 24.9. The largest absolute Gasteiger partial charge is 0.508 e. The molecule has 1 amide bonds. The van der Waals surface area contributed by atoms with Crippen LogP contribution in [0.4, 0.5) is 10.5 Å². The lowest BCUT2D eigenvalue weighted by Gasteiger charge is -2.28. The number of benzene rings is 2. The van der Waals surface area contributed by atoms with Crippen molar-refractivity contribution in [3.63, 3.8) is 0 Å². The zero-order valence-electron chi connectivity index (χ0n) is 16.8. The molecule has 0 radical (unpaired) electrons. The number of aromatic hydroxyl groups is 1. The maximum Gasteiger partial charge on any atom is 0.412 e. The van der Waals surface area contributed by atoms with Crippen LogP contribution >= 0.6 is 31.9 Å². The SMILES string of the molecule is CCO[C@H](CC/C=C/C(=O)O)[C@H](OC(=O)Nc1ccc(Br)cc1)c1cc(Br)ccc1O. The molecule has 166 valence electrons. The number of carbonyl (C=O) groups excluding carboxylic acids is 1. The molecule has 31 heavy (non-hydrogen) atoms. The van der Waals surface area contributed by atoms with Gasteiger partial charge in [0.05, 0.1) is 6.10 Å². The van der Waals surface area contributed by atoms with E-state index in [1.807, 2.05) is 0 Å². The molecule has 2 aromatic rings. The van der Waals surface area contributed by atoms with Crippen molar-refractivity contribution in [2.45, 2.75) is 32.0 Å². The minimum Gasteiger partial charge on any atom is -0.508 e. The van der Waals surface area contributed by atoms with Gasteiger partial charge in [-0.25, -0.2) is 9.59 Å². The second-order valence-electron chi connectivity index (χ2n) is 6.47. The van der Waals surface area contributed by atoms with Crippen LogP contribution in [0.15, 0.2) is 63.6 Å². The summed E-state index contributed by atoms with van der Waals surface area (Å²) in [6.45, 7) is 2.15. The fourth-order valence-corrected chi connectivity index (χ4v) is 3.51. The molecule has 0 aliphatic rings. The van der Waals surface area contributed by atoms with Crippen molar-refractivity contribution in [2.24, 2.45) is 0 Å². The van der Waals surface area contributed by atoms with Gasteiger partial charge < -0.3 is 19.7 Å². The van der Waals surface area contributed by atoms with Crippen LogP contribution in [0, 0.1) is 0 Å². The molecule has 0 unspecified atom stereocenters. The van der Waals surface area contributed by atoms with Gasteiger partial charge in [0, 0.05) is 32.9 Å². The van der Waals surface area contributed by atoms with E-state index in [9.17, 15) is 14.7 Å². The summed E-state index contributed by atoms with van der Waals surface area (Å²) >= 11 is 6.71. The van der Waals surface area contributed by atoms with Crippen LogP contribution in [0.1, 0.15) is 31.4 Å². The minimum atomic E-state index is -1.04. The molecule has 0 aliphatic carbocycles. The molecule has 0 spiro atoms. The normalized spacial score (nSPS) is 13.0. The smallest absolute Gasteiger partial charge is 0.412 e.